The Balaban J connectivity index is 1.36. The van der Waals surface area contributed by atoms with E-state index in [9.17, 15) is 0 Å². The molecule has 0 saturated carbocycles. The molecule has 0 spiro atoms. The Morgan fingerprint density at radius 2 is 1.92 bits per heavy atom. The molecule has 1 aromatic heterocycles. The molecule has 2 aromatic rings. The van der Waals surface area contributed by atoms with Gasteiger partial charge in [0, 0.05) is 37.2 Å². The second-order valence-electron chi connectivity index (χ2n) is 8.04. The third-order valence-corrected chi connectivity index (χ3v) is 5.96. The molecule has 3 heterocycles. The van der Waals surface area contributed by atoms with E-state index in [1.165, 1.54) is 43.1 Å². The van der Waals surface area contributed by atoms with Gasteiger partial charge in [0.1, 0.15) is 0 Å². The van der Waals surface area contributed by atoms with Crippen molar-refractivity contribution in [1.29, 1.82) is 0 Å². The molecule has 4 rings (SSSR count). The number of para-hydroxylation sites is 1. The molecule has 2 bridgehead atoms. The molecule has 0 aliphatic carbocycles. The average molecular weight is 341 g/mol. The number of piperidine rings is 1. The molecule has 0 radical (unpaired) electrons. The Labute approximate surface area is 151 Å². The first kappa shape index (κ1) is 17.0. The van der Waals surface area contributed by atoms with Gasteiger partial charge in [-0.1, -0.05) is 32.0 Å². The van der Waals surface area contributed by atoms with Crippen LogP contribution in [0, 0.1) is 5.92 Å². The van der Waals surface area contributed by atoms with Crippen molar-refractivity contribution < 1.29 is 4.74 Å². The van der Waals surface area contributed by atoms with Gasteiger partial charge in [-0.2, -0.15) is 5.10 Å². The van der Waals surface area contributed by atoms with E-state index in [1.807, 2.05) is 6.20 Å². The van der Waals surface area contributed by atoms with Crippen molar-refractivity contribution >= 4 is 10.9 Å². The summed E-state index contributed by atoms with van der Waals surface area (Å²) in [6.45, 7) is 7.68. The third-order valence-electron chi connectivity index (χ3n) is 5.96. The normalized spacial score (nSPS) is 27.8. The topological polar surface area (TPSA) is 30.3 Å². The molecule has 2 aliphatic heterocycles. The van der Waals surface area contributed by atoms with E-state index >= 15 is 0 Å². The Hall–Kier alpha value is -1.39. The minimum Gasteiger partial charge on any atom is -0.378 e. The Kier molecular flexibility index (Phi) is 5.09. The van der Waals surface area contributed by atoms with Crippen LogP contribution in [-0.4, -0.2) is 46.0 Å². The van der Waals surface area contributed by atoms with Crippen LogP contribution in [0.3, 0.4) is 0 Å². The summed E-state index contributed by atoms with van der Waals surface area (Å²) in [7, 11) is 0. The second kappa shape index (κ2) is 7.46. The first-order valence-corrected chi connectivity index (χ1v) is 10.0. The van der Waals surface area contributed by atoms with Gasteiger partial charge in [-0.15, -0.1) is 0 Å². The lowest BCUT2D eigenvalue weighted by molar-refractivity contribution is -0.0237. The maximum absolute atomic E-state index is 6.06. The number of rotatable bonds is 7. The zero-order chi connectivity index (χ0) is 17.2. The Morgan fingerprint density at radius 1 is 1.16 bits per heavy atom. The van der Waals surface area contributed by atoms with Crippen LogP contribution >= 0.6 is 0 Å². The molecular weight excluding hydrogens is 310 g/mol. The second-order valence-corrected chi connectivity index (χ2v) is 8.04. The fourth-order valence-corrected chi connectivity index (χ4v) is 4.83. The number of fused-ring (bicyclic) bond motifs is 3. The van der Waals surface area contributed by atoms with Gasteiger partial charge < -0.3 is 4.74 Å². The van der Waals surface area contributed by atoms with Crippen molar-refractivity contribution in [3.8, 4) is 0 Å². The Bertz CT molecular complexity index is 683. The maximum Gasteiger partial charge on any atom is 0.0682 e. The van der Waals surface area contributed by atoms with Crippen LogP contribution in [0.2, 0.25) is 0 Å². The van der Waals surface area contributed by atoms with Crippen molar-refractivity contribution in [1.82, 2.24) is 14.7 Å². The van der Waals surface area contributed by atoms with Gasteiger partial charge >= 0.3 is 0 Å². The highest BCUT2D eigenvalue weighted by Gasteiger charge is 2.41. The molecule has 2 fully saturated rings. The fourth-order valence-electron chi connectivity index (χ4n) is 4.83. The van der Waals surface area contributed by atoms with Crippen LogP contribution < -0.4 is 0 Å². The van der Waals surface area contributed by atoms with E-state index in [0.717, 1.165) is 31.7 Å². The van der Waals surface area contributed by atoms with E-state index in [-0.39, 0.29) is 0 Å². The van der Waals surface area contributed by atoms with Gasteiger partial charge in [-0.05, 0) is 44.1 Å². The van der Waals surface area contributed by atoms with Gasteiger partial charge in [0.2, 0.25) is 0 Å². The minimum atomic E-state index is 0.499. The Morgan fingerprint density at radius 3 is 2.68 bits per heavy atom. The van der Waals surface area contributed by atoms with Gasteiger partial charge in [0.25, 0.3) is 0 Å². The molecular formula is C21H31N3O. The lowest BCUT2D eigenvalue weighted by Crippen LogP contribution is -2.47. The number of nitrogens with zero attached hydrogens (tertiary/aromatic N) is 3. The summed E-state index contributed by atoms with van der Waals surface area (Å²) in [6.07, 6.45) is 8.79. The van der Waals surface area contributed by atoms with E-state index in [0.29, 0.717) is 12.0 Å². The molecule has 4 atom stereocenters. The number of hydrogen-bond acceptors (Lipinski definition) is 3. The van der Waals surface area contributed by atoms with Crippen LogP contribution in [0.5, 0.6) is 0 Å². The van der Waals surface area contributed by atoms with Crippen LogP contribution in [0.15, 0.2) is 30.5 Å². The van der Waals surface area contributed by atoms with Gasteiger partial charge in [-0.3, -0.25) is 9.58 Å². The summed E-state index contributed by atoms with van der Waals surface area (Å²) in [5.41, 5.74) is 1.25. The molecule has 0 unspecified atom stereocenters. The molecule has 0 N–H and O–H groups in total. The summed E-state index contributed by atoms with van der Waals surface area (Å²) >= 11 is 0. The van der Waals surface area contributed by atoms with Gasteiger partial charge in [-0.25, -0.2) is 0 Å². The highest BCUT2D eigenvalue weighted by molar-refractivity contribution is 5.78. The molecule has 0 amide bonds. The molecule has 136 valence electrons. The highest BCUT2D eigenvalue weighted by atomic mass is 16.5. The van der Waals surface area contributed by atoms with Gasteiger partial charge in [0.15, 0.2) is 0 Å². The highest BCUT2D eigenvalue weighted by Crippen LogP contribution is 2.37. The predicted molar refractivity (Wildman–Crippen MR) is 102 cm³/mol. The first-order chi connectivity index (χ1) is 12.2. The summed E-state index contributed by atoms with van der Waals surface area (Å²) in [6, 6.07) is 9.97. The number of benzene rings is 1. The van der Waals surface area contributed by atoms with Crippen molar-refractivity contribution in [2.24, 2.45) is 5.92 Å². The third kappa shape index (κ3) is 3.61. The zero-order valence-corrected chi connectivity index (χ0v) is 15.6. The molecule has 2 saturated heterocycles. The van der Waals surface area contributed by atoms with E-state index in [1.54, 1.807) is 0 Å². The molecule has 4 nitrogen and oxygen atoms in total. The summed E-state index contributed by atoms with van der Waals surface area (Å²) in [5.74, 6) is 0.611. The number of ether oxygens (including phenoxy) is 1. The molecule has 4 heteroatoms. The standard InChI is InChI=1S/C21H31N3O/c1-3-10-25-20-11-18-8-9-19(12-20)23(18)14-16(2)15-24-21-7-5-4-6-17(21)13-22-24/h4-7,13,16,18-20H,3,8-12,14-15H2,1-2H3/t16-,18-,19+,20-/m1/s1. The molecule has 1 aromatic carbocycles. The lowest BCUT2D eigenvalue weighted by Gasteiger charge is -2.40. The summed E-state index contributed by atoms with van der Waals surface area (Å²) in [4.78, 5) is 2.78. The van der Waals surface area contributed by atoms with E-state index < -0.39 is 0 Å². The van der Waals surface area contributed by atoms with Crippen molar-refractivity contribution in [2.45, 2.75) is 70.7 Å². The summed E-state index contributed by atoms with van der Waals surface area (Å²) < 4.78 is 8.24. The average Bonchev–Trinajstić information content (AvgIpc) is 3.11. The van der Waals surface area contributed by atoms with Crippen LogP contribution in [0.4, 0.5) is 0 Å². The first-order valence-electron chi connectivity index (χ1n) is 10.0. The lowest BCUT2D eigenvalue weighted by atomic mass is 9.98. The van der Waals surface area contributed by atoms with Crippen molar-refractivity contribution in [3.63, 3.8) is 0 Å². The number of aromatic nitrogens is 2. The summed E-state index contributed by atoms with van der Waals surface area (Å²) in [5, 5.41) is 5.85. The number of hydrogen-bond donors (Lipinski definition) is 0. The SMILES string of the molecule is CCCO[C@@H]1C[C@H]2CC[C@@H](C1)N2C[C@@H](C)Cn1ncc2ccccc21. The molecule has 2 aliphatic rings. The molecule has 25 heavy (non-hydrogen) atoms. The van der Waals surface area contributed by atoms with Crippen molar-refractivity contribution in [3.05, 3.63) is 30.5 Å². The smallest absolute Gasteiger partial charge is 0.0682 e. The largest absolute Gasteiger partial charge is 0.378 e. The monoisotopic (exact) mass is 341 g/mol. The van der Waals surface area contributed by atoms with E-state index in [2.05, 4.69) is 52.8 Å². The quantitative estimate of drug-likeness (QED) is 0.760. The van der Waals surface area contributed by atoms with Crippen molar-refractivity contribution in [2.75, 3.05) is 13.2 Å². The zero-order valence-electron chi connectivity index (χ0n) is 15.6. The van der Waals surface area contributed by atoms with E-state index in [4.69, 9.17) is 4.74 Å². The van der Waals surface area contributed by atoms with Crippen LogP contribution in [-0.2, 0) is 11.3 Å². The van der Waals surface area contributed by atoms with Gasteiger partial charge in [0.05, 0.1) is 17.8 Å². The maximum atomic E-state index is 6.06. The van der Waals surface area contributed by atoms with Crippen LogP contribution in [0.1, 0.15) is 46.0 Å². The van der Waals surface area contributed by atoms with Crippen LogP contribution in [0.25, 0.3) is 10.9 Å². The fraction of sp³-hybridized carbons (Fsp3) is 0.667. The predicted octanol–water partition coefficient (Wildman–Crippen LogP) is 4.09. The minimum absolute atomic E-state index is 0.499.